The number of aliphatic carboxylic acids is 1. The normalized spacial score (nSPS) is 10.1. The Labute approximate surface area is 207 Å². The van der Waals surface area contributed by atoms with E-state index in [1.807, 2.05) is 36.4 Å². The van der Waals surface area contributed by atoms with E-state index < -0.39 is 5.97 Å². The van der Waals surface area contributed by atoms with Crippen LogP contribution in [0.2, 0.25) is 0 Å². The lowest BCUT2D eigenvalue weighted by molar-refractivity contribution is -0.136. The highest BCUT2D eigenvalue weighted by Gasteiger charge is 2.15. The molecular formula is C26H20ClN5O3. The second-order valence-corrected chi connectivity index (χ2v) is 7.47. The van der Waals surface area contributed by atoms with Crippen LogP contribution in [0.5, 0.6) is 0 Å². The van der Waals surface area contributed by atoms with E-state index in [2.05, 4.69) is 27.6 Å². The molecule has 4 rings (SSSR count). The first-order valence-corrected chi connectivity index (χ1v) is 10.5. The minimum absolute atomic E-state index is 0. The number of carbonyl (C=O) groups is 1. The van der Waals surface area contributed by atoms with Crippen molar-refractivity contribution >= 4 is 18.4 Å². The highest BCUT2D eigenvalue weighted by Crippen LogP contribution is 2.31. The SMILES string of the molecule is Cl.N#Cc1ccccc1-c1ccc(-c2nc(-c3ccc(CNCCC(=O)O)cc3)no2)cc1C#N. The fourth-order valence-corrected chi connectivity index (χ4v) is 3.48. The van der Waals surface area contributed by atoms with E-state index in [1.54, 1.807) is 30.3 Å². The van der Waals surface area contributed by atoms with Crippen LogP contribution < -0.4 is 5.32 Å². The smallest absolute Gasteiger partial charge is 0.304 e. The molecule has 0 aliphatic carbocycles. The summed E-state index contributed by atoms with van der Waals surface area (Å²) in [6.07, 6.45) is 0.0725. The second-order valence-electron chi connectivity index (χ2n) is 7.47. The topological polar surface area (TPSA) is 136 Å². The number of nitrogens with one attached hydrogen (secondary N) is 1. The lowest BCUT2D eigenvalue weighted by atomic mass is 9.95. The van der Waals surface area contributed by atoms with Crippen LogP contribution in [0.25, 0.3) is 34.0 Å². The standard InChI is InChI=1S/C26H19N5O3.ClH/c27-14-20-3-1-2-4-22(20)23-10-9-19(13-21(23)15-28)26-30-25(31-34-26)18-7-5-17(6-8-18)16-29-12-11-24(32)33;/h1-10,13,29H,11-12,16H2,(H,32,33);1H. The number of hydrogen-bond acceptors (Lipinski definition) is 7. The summed E-state index contributed by atoms with van der Waals surface area (Å²) < 4.78 is 5.44. The number of carboxylic acid groups (broad SMARTS) is 1. The lowest BCUT2D eigenvalue weighted by Crippen LogP contribution is -2.17. The van der Waals surface area contributed by atoms with Crippen LogP contribution in [0.1, 0.15) is 23.1 Å². The Morgan fingerprint density at radius 2 is 1.63 bits per heavy atom. The van der Waals surface area contributed by atoms with Gasteiger partial charge in [0.05, 0.1) is 29.7 Å². The molecule has 0 fully saturated rings. The maximum Gasteiger partial charge on any atom is 0.304 e. The Morgan fingerprint density at radius 1 is 0.943 bits per heavy atom. The molecule has 0 saturated carbocycles. The molecule has 0 unspecified atom stereocenters. The van der Waals surface area contributed by atoms with Crippen molar-refractivity contribution in [1.29, 1.82) is 10.5 Å². The van der Waals surface area contributed by atoms with Crippen molar-refractivity contribution in [2.75, 3.05) is 6.54 Å². The highest BCUT2D eigenvalue weighted by atomic mass is 35.5. The third kappa shape index (κ3) is 5.90. The van der Waals surface area contributed by atoms with Crippen LogP contribution in [0.15, 0.2) is 71.3 Å². The van der Waals surface area contributed by atoms with E-state index in [0.29, 0.717) is 46.7 Å². The average molecular weight is 486 g/mol. The molecule has 0 bridgehead atoms. The molecule has 8 nitrogen and oxygen atoms in total. The van der Waals surface area contributed by atoms with Gasteiger partial charge in [-0.2, -0.15) is 15.5 Å². The van der Waals surface area contributed by atoms with Gasteiger partial charge in [-0.25, -0.2) is 0 Å². The number of aromatic nitrogens is 2. The number of nitriles is 2. The molecule has 0 aliphatic heterocycles. The van der Waals surface area contributed by atoms with Crippen molar-refractivity contribution in [1.82, 2.24) is 15.5 Å². The summed E-state index contributed by atoms with van der Waals surface area (Å²) in [7, 11) is 0. The molecule has 174 valence electrons. The Kier molecular flexibility index (Phi) is 8.31. The predicted octanol–water partition coefficient (Wildman–Crippen LogP) is 4.80. The van der Waals surface area contributed by atoms with Gasteiger partial charge in [0.15, 0.2) is 0 Å². The largest absolute Gasteiger partial charge is 0.481 e. The zero-order valence-corrected chi connectivity index (χ0v) is 19.2. The lowest BCUT2D eigenvalue weighted by Gasteiger charge is -2.07. The zero-order chi connectivity index (χ0) is 23.9. The predicted molar refractivity (Wildman–Crippen MR) is 131 cm³/mol. The molecule has 1 aromatic heterocycles. The number of benzene rings is 3. The van der Waals surface area contributed by atoms with E-state index in [0.717, 1.165) is 11.1 Å². The Morgan fingerprint density at radius 3 is 2.34 bits per heavy atom. The minimum atomic E-state index is -0.834. The summed E-state index contributed by atoms with van der Waals surface area (Å²) in [4.78, 5) is 15.0. The molecule has 0 aliphatic rings. The molecule has 3 aromatic carbocycles. The fraction of sp³-hybridized carbons (Fsp3) is 0.115. The van der Waals surface area contributed by atoms with Crippen molar-refractivity contribution in [2.45, 2.75) is 13.0 Å². The van der Waals surface area contributed by atoms with Gasteiger partial charge in [-0.1, -0.05) is 53.7 Å². The van der Waals surface area contributed by atoms with E-state index in [4.69, 9.17) is 9.63 Å². The minimum Gasteiger partial charge on any atom is -0.481 e. The van der Waals surface area contributed by atoms with Gasteiger partial charge < -0.3 is 14.9 Å². The van der Waals surface area contributed by atoms with Gasteiger partial charge in [-0.15, -0.1) is 12.4 Å². The summed E-state index contributed by atoms with van der Waals surface area (Å²) in [6.45, 7) is 0.958. The fourth-order valence-electron chi connectivity index (χ4n) is 3.48. The first-order chi connectivity index (χ1) is 16.6. The van der Waals surface area contributed by atoms with Crippen LogP contribution in [-0.4, -0.2) is 27.8 Å². The molecule has 0 spiro atoms. The summed E-state index contributed by atoms with van der Waals surface area (Å²) >= 11 is 0. The molecule has 0 saturated heterocycles. The molecule has 35 heavy (non-hydrogen) atoms. The third-order valence-corrected chi connectivity index (χ3v) is 5.21. The monoisotopic (exact) mass is 485 g/mol. The molecule has 1 heterocycles. The molecule has 4 aromatic rings. The summed E-state index contributed by atoms with van der Waals surface area (Å²) in [5, 5.41) is 34.9. The zero-order valence-electron chi connectivity index (χ0n) is 18.4. The van der Waals surface area contributed by atoms with Crippen LogP contribution >= 0.6 is 12.4 Å². The average Bonchev–Trinajstić information content (AvgIpc) is 3.37. The summed E-state index contributed by atoms with van der Waals surface area (Å²) in [5.74, 6) is -0.136. The van der Waals surface area contributed by atoms with Crippen molar-refractivity contribution in [3.63, 3.8) is 0 Å². The molecule has 0 radical (unpaired) electrons. The van der Waals surface area contributed by atoms with Crippen LogP contribution in [0, 0.1) is 22.7 Å². The number of carboxylic acids is 1. The van der Waals surface area contributed by atoms with Gasteiger partial charge in [-0.3, -0.25) is 4.79 Å². The maximum absolute atomic E-state index is 10.6. The second kappa shape index (κ2) is 11.6. The first-order valence-electron chi connectivity index (χ1n) is 10.5. The van der Waals surface area contributed by atoms with Crippen molar-refractivity contribution in [3.05, 3.63) is 83.4 Å². The summed E-state index contributed by atoms with van der Waals surface area (Å²) in [5.41, 5.74) is 4.63. The first kappa shape index (κ1) is 25.1. The van der Waals surface area contributed by atoms with Gasteiger partial charge in [0.1, 0.15) is 0 Å². The van der Waals surface area contributed by atoms with E-state index in [1.165, 1.54) is 0 Å². The Hall–Kier alpha value is -4.50. The molecule has 9 heteroatoms. The van der Waals surface area contributed by atoms with E-state index in [-0.39, 0.29) is 24.7 Å². The quantitative estimate of drug-likeness (QED) is 0.339. The Balaban J connectivity index is 0.00000342. The van der Waals surface area contributed by atoms with Gasteiger partial charge >= 0.3 is 5.97 Å². The summed E-state index contributed by atoms with van der Waals surface area (Å²) in [6, 6.07) is 24.3. The highest BCUT2D eigenvalue weighted by molar-refractivity contribution is 5.85. The van der Waals surface area contributed by atoms with Crippen LogP contribution in [0.3, 0.4) is 0 Å². The number of hydrogen-bond donors (Lipinski definition) is 2. The van der Waals surface area contributed by atoms with Crippen LogP contribution in [-0.2, 0) is 11.3 Å². The number of halogens is 1. The Bertz CT molecular complexity index is 1420. The van der Waals surface area contributed by atoms with Gasteiger partial charge in [0.2, 0.25) is 5.82 Å². The number of nitrogens with zero attached hydrogens (tertiary/aromatic N) is 4. The molecule has 2 N–H and O–H groups in total. The molecular weight excluding hydrogens is 466 g/mol. The molecule has 0 amide bonds. The van der Waals surface area contributed by atoms with Gasteiger partial charge in [-0.05, 0) is 23.8 Å². The van der Waals surface area contributed by atoms with E-state index >= 15 is 0 Å². The third-order valence-electron chi connectivity index (χ3n) is 5.21. The van der Waals surface area contributed by atoms with Crippen molar-refractivity contribution in [2.24, 2.45) is 0 Å². The van der Waals surface area contributed by atoms with Gasteiger partial charge in [0, 0.05) is 35.3 Å². The van der Waals surface area contributed by atoms with Crippen molar-refractivity contribution < 1.29 is 14.4 Å². The molecule has 0 atom stereocenters. The van der Waals surface area contributed by atoms with Crippen LogP contribution in [0.4, 0.5) is 0 Å². The van der Waals surface area contributed by atoms with Gasteiger partial charge in [0.25, 0.3) is 5.89 Å². The van der Waals surface area contributed by atoms with E-state index in [9.17, 15) is 15.3 Å². The maximum atomic E-state index is 10.6. The van der Waals surface area contributed by atoms with Crippen molar-refractivity contribution in [3.8, 4) is 46.1 Å². The number of rotatable bonds is 8.